The molecule has 5 heteroatoms. The minimum Gasteiger partial charge on any atom is -0.456 e. The lowest BCUT2D eigenvalue weighted by atomic mass is 9.96. The Hall–Kier alpha value is -8.90. The molecule has 0 aliphatic carbocycles. The van der Waals surface area contributed by atoms with Gasteiger partial charge < -0.3 is 18.7 Å². The minimum atomic E-state index is -0.256. The molecule has 2 N–H and O–H groups in total. The number of nitrogens with one attached hydrogen (secondary N) is 2. The molecular weight excluding hydrogens is 867 g/mol. The molecule has 5 nitrogen and oxygen atoms in total. The van der Waals surface area contributed by atoms with Crippen molar-refractivity contribution < 1.29 is 8.83 Å². The number of nitrogens with zero attached hydrogens (tertiary/aromatic N) is 1. The molecule has 0 spiro atoms. The number of hydrogen-bond donors (Lipinski definition) is 2. The van der Waals surface area contributed by atoms with Gasteiger partial charge in [0.15, 0.2) is 0 Å². The molecular formula is C66H47N3O2. The number of furan rings is 2. The normalized spacial score (nSPS) is 15.3. The number of para-hydroxylation sites is 1. The van der Waals surface area contributed by atoms with E-state index in [9.17, 15) is 0 Å². The molecule has 13 aromatic rings. The molecule has 3 aromatic heterocycles. The van der Waals surface area contributed by atoms with Gasteiger partial charge in [-0.05, 0) is 131 Å². The largest absolute Gasteiger partial charge is 0.456 e. The Morgan fingerprint density at radius 3 is 1.70 bits per heavy atom. The van der Waals surface area contributed by atoms with Gasteiger partial charge in [-0.25, -0.2) is 0 Å². The van der Waals surface area contributed by atoms with Gasteiger partial charge >= 0.3 is 0 Å². The first-order chi connectivity index (χ1) is 35.1. The van der Waals surface area contributed by atoms with Crippen LogP contribution in [0, 0.1) is 0 Å². The SMILES string of the molecule is CC1=C(c2ccc3c(c2)oc2ccccc23)NC(c2cccc3oc4ccc(-c5ccc6c(c5)c5cc(-c7ccccc7)ccc5n6-c5cccc(-c6ccccc6)c5)cc4c23)NC(c2ccccc2)C1. The van der Waals surface area contributed by atoms with Crippen molar-refractivity contribution in [3.63, 3.8) is 0 Å². The second-order valence-corrected chi connectivity index (χ2v) is 19.0. The van der Waals surface area contributed by atoms with Gasteiger partial charge in [0.25, 0.3) is 0 Å². The third kappa shape index (κ3) is 7.04. The Morgan fingerprint density at radius 1 is 0.408 bits per heavy atom. The lowest BCUT2D eigenvalue weighted by Gasteiger charge is -2.26. The second kappa shape index (κ2) is 16.7. The van der Waals surface area contributed by atoms with E-state index in [1.807, 2.05) is 12.1 Å². The number of benzene rings is 10. The molecule has 1 aliphatic rings. The first kappa shape index (κ1) is 41.1. The summed E-state index contributed by atoms with van der Waals surface area (Å²) >= 11 is 0. The van der Waals surface area contributed by atoms with Crippen molar-refractivity contribution in [1.82, 2.24) is 15.2 Å². The molecule has 71 heavy (non-hydrogen) atoms. The van der Waals surface area contributed by atoms with Crippen LogP contribution in [-0.2, 0) is 0 Å². The second-order valence-electron chi connectivity index (χ2n) is 19.0. The maximum Gasteiger partial charge on any atom is 0.136 e. The van der Waals surface area contributed by atoms with E-state index in [1.165, 1.54) is 49.7 Å². The molecule has 14 rings (SSSR count). The van der Waals surface area contributed by atoms with E-state index in [0.29, 0.717) is 0 Å². The number of aromatic nitrogens is 1. The van der Waals surface area contributed by atoms with Gasteiger partial charge in [0.2, 0.25) is 0 Å². The van der Waals surface area contributed by atoms with Gasteiger partial charge in [0.1, 0.15) is 28.5 Å². The van der Waals surface area contributed by atoms with Crippen LogP contribution < -0.4 is 10.6 Å². The van der Waals surface area contributed by atoms with Gasteiger partial charge in [0.05, 0.1) is 11.0 Å². The van der Waals surface area contributed by atoms with Crippen LogP contribution in [0.5, 0.6) is 0 Å². The van der Waals surface area contributed by atoms with E-state index in [0.717, 1.165) is 89.5 Å². The summed E-state index contributed by atoms with van der Waals surface area (Å²) in [6, 6.07) is 83.0. The summed E-state index contributed by atoms with van der Waals surface area (Å²) in [6.07, 6.45) is 0.575. The highest BCUT2D eigenvalue weighted by atomic mass is 16.3. The molecule has 2 unspecified atom stereocenters. The highest BCUT2D eigenvalue weighted by molar-refractivity contribution is 6.13. The summed E-state index contributed by atoms with van der Waals surface area (Å²) in [6.45, 7) is 2.25. The van der Waals surface area contributed by atoms with Crippen LogP contribution in [0.3, 0.4) is 0 Å². The zero-order valence-corrected chi connectivity index (χ0v) is 39.1. The van der Waals surface area contributed by atoms with Gasteiger partial charge in [-0.1, -0.05) is 158 Å². The first-order valence-electron chi connectivity index (χ1n) is 24.5. The smallest absolute Gasteiger partial charge is 0.136 e. The van der Waals surface area contributed by atoms with Gasteiger partial charge in [-0.3, -0.25) is 5.32 Å². The average molecular weight is 914 g/mol. The Kier molecular flexibility index (Phi) is 9.64. The topological polar surface area (TPSA) is 55.3 Å². The standard InChI is InChI=1S/C66H47N3O2/c1-41-35-57(44-19-9-4-10-20-44)67-66(68-65(41)49-27-31-52-51-23-11-12-25-60(51)71-63(52)40-49)53-24-14-26-62-64(53)56-39-48(30-34-61(56)70-62)47-29-33-59-55(38-47)54-37-46(43-17-7-3-8-18-43)28-32-58(54)69(59)50-22-13-21-45(36-50)42-15-5-2-6-16-42/h2-34,36-40,57,66-68H,35H2,1H3. The fraction of sp³-hybridized carbons (Fsp3) is 0.0606. The monoisotopic (exact) mass is 913 g/mol. The Bertz CT molecular complexity index is 4220. The van der Waals surface area contributed by atoms with Crippen LogP contribution in [0.2, 0.25) is 0 Å². The molecule has 0 saturated carbocycles. The summed E-state index contributed by atoms with van der Waals surface area (Å²) in [5.41, 5.74) is 19.8. The highest BCUT2D eigenvalue weighted by Crippen LogP contribution is 2.43. The van der Waals surface area contributed by atoms with E-state index in [4.69, 9.17) is 8.83 Å². The summed E-state index contributed by atoms with van der Waals surface area (Å²) in [7, 11) is 0. The van der Waals surface area contributed by atoms with Gasteiger partial charge in [0, 0.05) is 60.9 Å². The minimum absolute atomic E-state index is 0.0576. The van der Waals surface area contributed by atoms with E-state index in [-0.39, 0.29) is 12.2 Å². The summed E-state index contributed by atoms with van der Waals surface area (Å²) < 4.78 is 15.6. The van der Waals surface area contributed by atoms with E-state index in [2.05, 4.69) is 241 Å². The van der Waals surface area contributed by atoms with Gasteiger partial charge in [-0.2, -0.15) is 0 Å². The van der Waals surface area contributed by atoms with Crippen LogP contribution >= 0.6 is 0 Å². The van der Waals surface area contributed by atoms with Crippen molar-refractivity contribution in [2.45, 2.75) is 25.6 Å². The molecule has 338 valence electrons. The van der Waals surface area contributed by atoms with Crippen molar-refractivity contribution in [2.75, 3.05) is 0 Å². The molecule has 4 heterocycles. The van der Waals surface area contributed by atoms with E-state index >= 15 is 0 Å². The molecule has 0 radical (unpaired) electrons. The van der Waals surface area contributed by atoms with Crippen molar-refractivity contribution >= 4 is 71.4 Å². The first-order valence-corrected chi connectivity index (χ1v) is 24.5. The molecule has 0 saturated heterocycles. The van der Waals surface area contributed by atoms with Crippen molar-refractivity contribution in [2.24, 2.45) is 0 Å². The highest BCUT2D eigenvalue weighted by Gasteiger charge is 2.28. The lowest BCUT2D eigenvalue weighted by molar-refractivity contribution is 0.433. The zero-order chi connectivity index (χ0) is 47.0. The predicted octanol–water partition coefficient (Wildman–Crippen LogP) is 17.3. The maximum absolute atomic E-state index is 6.72. The lowest BCUT2D eigenvalue weighted by Crippen LogP contribution is -2.34. The quantitative estimate of drug-likeness (QED) is 0.167. The third-order valence-corrected chi connectivity index (χ3v) is 14.7. The van der Waals surface area contributed by atoms with Crippen LogP contribution in [0.25, 0.3) is 110 Å². The molecule has 10 aromatic carbocycles. The molecule has 0 fully saturated rings. The summed E-state index contributed by atoms with van der Waals surface area (Å²) in [5, 5.41) is 15.0. The van der Waals surface area contributed by atoms with E-state index < -0.39 is 0 Å². The molecule has 0 amide bonds. The number of hydrogen-bond acceptors (Lipinski definition) is 4. The van der Waals surface area contributed by atoms with Crippen LogP contribution in [0.15, 0.2) is 245 Å². The Labute approximate surface area is 410 Å². The predicted molar refractivity (Wildman–Crippen MR) is 293 cm³/mol. The average Bonchev–Trinajstić information content (AvgIpc) is 4.07. The number of fused-ring (bicyclic) bond motifs is 9. The Morgan fingerprint density at radius 2 is 0.958 bits per heavy atom. The van der Waals surface area contributed by atoms with Crippen molar-refractivity contribution in [3.05, 3.63) is 253 Å². The summed E-state index contributed by atoms with van der Waals surface area (Å²) in [5.74, 6) is 0. The fourth-order valence-electron chi connectivity index (χ4n) is 11.3. The summed E-state index contributed by atoms with van der Waals surface area (Å²) in [4.78, 5) is 0. The van der Waals surface area contributed by atoms with Crippen molar-refractivity contribution in [1.29, 1.82) is 0 Å². The maximum atomic E-state index is 6.72. The molecule has 0 bridgehead atoms. The van der Waals surface area contributed by atoms with Gasteiger partial charge in [-0.15, -0.1) is 0 Å². The third-order valence-electron chi connectivity index (χ3n) is 14.7. The fourth-order valence-corrected chi connectivity index (χ4v) is 11.3. The van der Waals surface area contributed by atoms with Crippen LogP contribution in [-0.4, -0.2) is 4.57 Å². The van der Waals surface area contributed by atoms with Crippen LogP contribution in [0.4, 0.5) is 0 Å². The molecule has 1 aliphatic heterocycles. The van der Waals surface area contributed by atoms with E-state index in [1.54, 1.807) is 0 Å². The Balaban J connectivity index is 0.907. The number of rotatable bonds is 7. The van der Waals surface area contributed by atoms with Crippen LogP contribution in [0.1, 0.15) is 42.2 Å². The van der Waals surface area contributed by atoms with Crippen molar-refractivity contribution in [3.8, 4) is 39.1 Å². The zero-order valence-electron chi connectivity index (χ0n) is 39.1. The molecule has 2 atom stereocenters.